The molecule has 56 heavy (non-hydrogen) atoms. The van der Waals surface area contributed by atoms with Crippen LogP contribution in [0.15, 0.2) is 206 Å². The molecule has 1 atom stereocenters. The number of para-hydroxylation sites is 1. The van der Waals surface area contributed by atoms with E-state index in [1.807, 2.05) is 0 Å². The third-order valence-electron chi connectivity index (χ3n) is 12.0. The van der Waals surface area contributed by atoms with E-state index in [4.69, 9.17) is 0 Å². The van der Waals surface area contributed by atoms with Gasteiger partial charge in [-0.2, -0.15) is 0 Å². The summed E-state index contributed by atoms with van der Waals surface area (Å²) < 4.78 is 2.43. The second kappa shape index (κ2) is 13.4. The van der Waals surface area contributed by atoms with Gasteiger partial charge in [0.2, 0.25) is 0 Å². The van der Waals surface area contributed by atoms with Crippen LogP contribution < -0.4 is 4.90 Å². The zero-order valence-electron chi connectivity index (χ0n) is 31.1. The van der Waals surface area contributed by atoms with Crippen molar-refractivity contribution in [2.24, 2.45) is 0 Å². The maximum absolute atomic E-state index is 2.47. The van der Waals surface area contributed by atoms with Crippen molar-refractivity contribution in [3.63, 3.8) is 0 Å². The Kier molecular flexibility index (Phi) is 7.81. The molecule has 0 saturated heterocycles. The van der Waals surface area contributed by atoms with E-state index in [2.05, 4.69) is 210 Å². The second-order valence-electron chi connectivity index (χ2n) is 15.2. The van der Waals surface area contributed by atoms with Crippen LogP contribution in [-0.2, 0) is 0 Å². The van der Waals surface area contributed by atoms with Crippen LogP contribution in [-0.4, -0.2) is 4.57 Å². The average Bonchev–Trinajstić information content (AvgIpc) is 3.79. The molecule has 2 heteroatoms. The second-order valence-corrected chi connectivity index (χ2v) is 15.2. The van der Waals surface area contributed by atoms with Crippen molar-refractivity contribution in [2.75, 3.05) is 4.90 Å². The first kappa shape index (κ1) is 32.5. The van der Waals surface area contributed by atoms with Crippen molar-refractivity contribution >= 4 is 44.3 Å². The van der Waals surface area contributed by atoms with Gasteiger partial charge >= 0.3 is 0 Å². The monoisotopic (exact) mass is 716 g/mol. The zero-order chi connectivity index (χ0) is 37.0. The summed E-state index contributed by atoms with van der Waals surface area (Å²) in [5.74, 6) is 0.329. The largest absolute Gasteiger partial charge is 0.313 e. The molecule has 0 amide bonds. The van der Waals surface area contributed by atoms with Crippen molar-refractivity contribution < 1.29 is 0 Å². The van der Waals surface area contributed by atoms with Crippen LogP contribution in [0.1, 0.15) is 41.9 Å². The molecule has 0 fully saturated rings. The highest BCUT2D eigenvalue weighted by Gasteiger charge is 2.35. The van der Waals surface area contributed by atoms with Gasteiger partial charge in [-0.15, -0.1) is 0 Å². The fraction of sp³-hybridized carbons (Fsp3) is 0.0741. The number of allylic oxidation sites excluding steroid dienone is 8. The standard InChI is InChI=1S/C54H40N2/c1-4-12-37(13-5-1)39-20-22-41(23-21-39)42-26-31-53-49(34-42)50-36-44(28-33-54(50)55(53)45-16-8-3-9-17-45)43-27-32-52-48(35-43)47-18-10-11-19-51(47)56(52)46-29-24-40(25-30-46)38-14-6-2-7-15-38/h1-17,19-20,22,24-36,47H,18,21,23H2. The molecule has 2 aliphatic carbocycles. The minimum absolute atomic E-state index is 0.329. The highest BCUT2D eigenvalue weighted by molar-refractivity contribution is 6.11. The van der Waals surface area contributed by atoms with Crippen LogP contribution in [0.3, 0.4) is 0 Å². The van der Waals surface area contributed by atoms with E-state index >= 15 is 0 Å². The van der Waals surface area contributed by atoms with Gasteiger partial charge in [-0.05, 0) is 136 Å². The van der Waals surface area contributed by atoms with Crippen LogP contribution in [0.4, 0.5) is 11.4 Å². The molecule has 0 bridgehead atoms. The van der Waals surface area contributed by atoms with Gasteiger partial charge < -0.3 is 9.47 Å². The van der Waals surface area contributed by atoms with Crippen molar-refractivity contribution in [3.8, 4) is 27.9 Å². The van der Waals surface area contributed by atoms with Gasteiger partial charge in [0.05, 0.1) is 11.0 Å². The summed E-state index contributed by atoms with van der Waals surface area (Å²) in [4.78, 5) is 2.47. The van der Waals surface area contributed by atoms with Crippen molar-refractivity contribution in [3.05, 3.63) is 223 Å². The van der Waals surface area contributed by atoms with Gasteiger partial charge in [-0.1, -0.05) is 133 Å². The third-order valence-corrected chi connectivity index (χ3v) is 12.0. The van der Waals surface area contributed by atoms with E-state index in [-0.39, 0.29) is 0 Å². The Balaban J connectivity index is 1.00. The molecule has 266 valence electrons. The van der Waals surface area contributed by atoms with E-state index in [1.165, 1.54) is 94.7 Å². The minimum Gasteiger partial charge on any atom is -0.313 e. The van der Waals surface area contributed by atoms with Gasteiger partial charge in [-0.25, -0.2) is 0 Å². The lowest BCUT2D eigenvalue weighted by Crippen LogP contribution is -2.14. The molecule has 11 rings (SSSR count). The molecule has 0 saturated carbocycles. The van der Waals surface area contributed by atoms with Gasteiger partial charge in [0.15, 0.2) is 0 Å². The van der Waals surface area contributed by atoms with Crippen LogP contribution in [0, 0.1) is 0 Å². The molecular formula is C54H40N2. The van der Waals surface area contributed by atoms with Crippen LogP contribution in [0.25, 0.3) is 60.9 Å². The highest BCUT2D eigenvalue weighted by Crippen LogP contribution is 2.52. The molecule has 0 spiro atoms. The molecule has 2 heterocycles. The molecule has 1 aliphatic heterocycles. The summed E-state index contributed by atoms with van der Waals surface area (Å²) in [5.41, 5.74) is 19.3. The van der Waals surface area contributed by atoms with Crippen molar-refractivity contribution in [2.45, 2.75) is 25.2 Å². The predicted octanol–water partition coefficient (Wildman–Crippen LogP) is 14.5. The average molecular weight is 717 g/mol. The Morgan fingerprint density at radius 3 is 1.68 bits per heavy atom. The quantitative estimate of drug-likeness (QED) is 0.166. The summed E-state index contributed by atoms with van der Waals surface area (Å²) in [6, 6.07) is 62.5. The van der Waals surface area contributed by atoms with E-state index < -0.39 is 0 Å². The number of nitrogens with zero attached hydrogens (tertiary/aromatic N) is 2. The first-order valence-corrected chi connectivity index (χ1v) is 19.8. The van der Waals surface area contributed by atoms with E-state index in [9.17, 15) is 0 Å². The Bertz CT molecular complexity index is 2910. The maximum atomic E-state index is 2.47. The molecule has 7 aromatic carbocycles. The minimum atomic E-state index is 0.329. The number of fused-ring (bicyclic) bond motifs is 6. The van der Waals surface area contributed by atoms with E-state index in [0.717, 1.165) is 19.3 Å². The first-order valence-electron chi connectivity index (χ1n) is 19.8. The predicted molar refractivity (Wildman–Crippen MR) is 236 cm³/mol. The smallest absolute Gasteiger partial charge is 0.0541 e. The summed E-state index contributed by atoms with van der Waals surface area (Å²) in [6.45, 7) is 0. The topological polar surface area (TPSA) is 8.17 Å². The summed E-state index contributed by atoms with van der Waals surface area (Å²) in [7, 11) is 0. The number of hydrogen-bond donors (Lipinski definition) is 0. The summed E-state index contributed by atoms with van der Waals surface area (Å²) in [6.07, 6.45) is 14.6. The lowest BCUT2D eigenvalue weighted by atomic mass is 9.89. The van der Waals surface area contributed by atoms with Gasteiger partial charge in [0.1, 0.15) is 0 Å². The summed E-state index contributed by atoms with van der Waals surface area (Å²) in [5, 5.41) is 2.57. The Morgan fingerprint density at radius 2 is 0.982 bits per heavy atom. The fourth-order valence-electron chi connectivity index (χ4n) is 9.24. The molecule has 1 unspecified atom stereocenters. The van der Waals surface area contributed by atoms with Gasteiger partial charge in [0.25, 0.3) is 0 Å². The molecule has 3 aliphatic rings. The Morgan fingerprint density at radius 1 is 0.429 bits per heavy atom. The van der Waals surface area contributed by atoms with Crippen molar-refractivity contribution in [1.29, 1.82) is 0 Å². The fourth-order valence-corrected chi connectivity index (χ4v) is 9.24. The zero-order valence-corrected chi connectivity index (χ0v) is 31.1. The first-order chi connectivity index (χ1) is 27.8. The van der Waals surface area contributed by atoms with Gasteiger partial charge in [0, 0.05) is 39.4 Å². The SMILES string of the molecule is C1=CCC2C(=C1)N(c1ccc(-c3ccccc3)cc1)c1ccc(-c3ccc4c(c3)c3cc(C5=CC=C(c6ccccc6)CC5)ccc3n4-c3ccccc3)cc12. The molecular weight excluding hydrogens is 677 g/mol. The Hall–Kier alpha value is -6.90. The van der Waals surface area contributed by atoms with Crippen molar-refractivity contribution in [1.82, 2.24) is 4.57 Å². The van der Waals surface area contributed by atoms with Crippen LogP contribution >= 0.6 is 0 Å². The van der Waals surface area contributed by atoms with E-state index in [1.54, 1.807) is 0 Å². The third kappa shape index (κ3) is 5.48. The van der Waals surface area contributed by atoms with Crippen LogP contribution in [0.5, 0.6) is 0 Å². The molecule has 2 nitrogen and oxygen atoms in total. The van der Waals surface area contributed by atoms with Crippen LogP contribution in [0.2, 0.25) is 0 Å². The molecule has 0 N–H and O–H groups in total. The maximum Gasteiger partial charge on any atom is 0.0541 e. The number of benzene rings is 7. The number of anilines is 2. The molecule has 0 radical (unpaired) electrons. The number of hydrogen-bond acceptors (Lipinski definition) is 1. The normalized spacial score (nSPS) is 16.0. The van der Waals surface area contributed by atoms with E-state index in [0.29, 0.717) is 5.92 Å². The number of rotatable bonds is 6. The summed E-state index contributed by atoms with van der Waals surface area (Å²) >= 11 is 0. The highest BCUT2D eigenvalue weighted by atomic mass is 15.2. The molecule has 1 aromatic heterocycles. The Labute approximate surface area is 328 Å². The lowest BCUT2D eigenvalue weighted by Gasteiger charge is -2.24. The van der Waals surface area contributed by atoms with Gasteiger partial charge in [-0.3, -0.25) is 0 Å². The lowest BCUT2D eigenvalue weighted by molar-refractivity contribution is 0.820. The molecule has 8 aromatic rings. The number of aromatic nitrogens is 1.